The monoisotopic (exact) mass is 339 g/mol. The molecule has 7 heteroatoms. The average molecular weight is 339 g/mol. The summed E-state index contributed by atoms with van der Waals surface area (Å²) in [7, 11) is 0. The van der Waals surface area contributed by atoms with E-state index in [0.29, 0.717) is 12.2 Å². The highest BCUT2D eigenvalue weighted by Crippen LogP contribution is 2.36. The van der Waals surface area contributed by atoms with Crippen LogP contribution in [0.2, 0.25) is 0 Å². The Morgan fingerprint density at radius 2 is 2.08 bits per heavy atom. The number of aromatic nitrogens is 2. The lowest BCUT2D eigenvalue weighted by Crippen LogP contribution is -2.60. The van der Waals surface area contributed by atoms with Crippen molar-refractivity contribution < 1.29 is 9.59 Å². The summed E-state index contributed by atoms with van der Waals surface area (Å²) in [5, 5.41) is 2.89. The molecule has 130 valence electrons. The SMILES string of the molecule is CC1(C)C(=O)Nc2ccccc2N1C(=O)CN1CCn2ccnc2C1. The molecule has 0 fully saturated rings. The van der Waals surface area contributed by atoms with Gasteiger partial charge in [-0.2, -0.15) is 0 Å². The Hall–Kier alpha value is -2.67. The number of rotatable bonds is 2. The molecule has 0 spiro atoms. The number of nitrogens with zero attached hydrogens (tertiary/aromatic N) is 4. The Balaban J connectivity index is 1.59. The van der Waals surface area contributed by atoms with E-state index < -0.39 is 5.54 Å². The Bertz CT molecular complexity index is 841. The number of carbonyl (C=O) groups is 2. The first kappa shape index (κ1) is 15.8. The summed E-state index contributed by atoms with van der Waals surface area (Å²) in [6, 6.07) is 7.42. The molecule has 7 nitrogen and oxygen atoms in total. The van der Waals surface area contributed by atoms with Crippen molar-refractivity contribution in [2.24, 2.45) is 0 Å². The summed E-state index contributed by atoms with van der Waals surface area (Å²) < 4.78 is 2.11. The Morgan fingerprint density at radius 1 is 1.28 bits per heavy atom. The van der Waals surface area contributed by atoms with E-state index in [1.165, 1.54) is 0 Å². The van der Waals surface area contributed by atoms with Crippen LogP contribution in [-0.4, -0.2) is 44.9 Å². The molecular formula is C18H21N5O2. The first-order valence-corrected chi connectivity index (χ1v) is 8.43. The molecule has 0 atom stereocenters. The van der Waals surface area contributed by atoms with Crippen molar-refractivity contribution in [1.29, 1.82) is 0 Å². The first-order chi connectivity index (χ1) is 12.0. The molecule has 0 aliphatic carbocycles. The molecule has 2 amide bonds. The van der Waals surface area contributed by atoms with Gasteiger partial charge in [0.05, 0.1) is 24.5 Å². The van der Waals surface area contributed by atoms with Crippen LogP contribution in [0, 0.1) is 0 Å². The third kappa shape index (κ3) is 2.60. The summed E-state index contributed by atoms with van der Waals surface area (Å²) in [6.45, 7) is 6.07. The minimum absolute atomic E-state index is 0.0766. The smallest absolute Gasteiger partial charge is 0.250 e. The van der Waals surface area contributed by atoms with Gasteiger partial charge in [0, 0.05) is 25.5 Å². The van der Waals surface area contributed by atoms with E-state index >= 15 is 0 Å². The summed E-state index contributed by atoms with van der Waals surface area (Å²) in [5.41, 5.74) is 0.490. The molecule has 25 heavy (non-hydrogen) atoms. The number of imidazole rings is 1. The third-order valence-electron chi connectivity index (χ3n) is 4.94. The van der Waals surface area contributed by atoms with E-state index in [0.717, 1.165) is 24.6 Å². The van der Waals surface area contributed by atoms with Crippen LogP contribution in [0.1, 0.15) is 19.7 Å². The van der Waals surface area contributed by atoms with Gasteiger partial charge in [0.25, 0.3) is 0 Å². The molecule has 0 bridgehead atoms. The van der Waals surface area contributed by atoms with Crippen molar-refractivity contribution in [3.8, 4) is 0 Å². The number of fused-ring (bicyclic) bond motifs is 2. The lowest BCUT2D eigenvalue weighted by molar-refractivity contribution is -0.127. The van der Waals surface area contributed by atoms with Gasteiger partial charge in [-0.05, 0) is 26.0 Å². The number of amides is 2. The molecule has 3 heterocycles. The first-order valence-electron chi connectivity index (χ1n) is 8.43. The van der Waals surface area contributed by atoms with Crippen molar-refractivity contribution in [3.05, 3.63) is 42.5 Å². The number of benzene rings is 1. The molecule has 1 N–H and O–H groups in total. The van der Waals surface area contributed by atoms with Crippen LogP contribution in [-0.2, 0) is 22.7 Å². The molecule has 2 aliphatic heterocycles. The molecule has 2 aliphatic rings. The molecule has 0 saturated carbocycles. The molecule has 1 aromatic heterocycles. The number of para-hydroxylation sites is 2. The topological polar surface area (TPSA) is 70.5 Å². The average Bonchev–Trinajstić information content (AvgIpc) is 3.03. The molecule has 1 aromatic carbocycles. The quantitative estimate of drug-likeness (QED) is 0.899. The zero-order chi connectivity index (χ0) is 17.6. The summed E-state index contributed by atoms with van der Waals surface area (Å²) in [4.78, 5) is 33.6. The van der Waals surface area contributed by atoms with Crippen molar-refractivity contribution >= 4 is 23.2 Å². The number of hydrogen-bond donors (Lipinski definition) is 1. The van der Waals surface area contributed by atoms with E-state index in [4.69, 9.17) is 0 Å². The maximum Gasteiger partial charge on any atom is 0.250 e. The van der Waals surface area contributed by atoms with Crippen molar-refractivity contribution in [3.63, 3.8) is 0 Å². The second-order valence-corrected chi connectivity index (χ2v) is 7.01. The van der Waals surface area contributed by atoms with E-state index in [2.05, 4.69) is 19.8 Å². The Kier molecular flexibility index (Phi) is 3.61. The summed E-state index contributed by atoms with van der Waals surface area (Å²) >= 11 is 0. The minimum atomic E-state index is -0.931. The second kappa shape index (κ2) is 5.70. The van der Waals surface area contributed by atoms with Gasteiger partial charge in [-0.1, -0.05) is 12.1 Å². The lowest BCUT2D eigenvalue weighted by atomic mass is 9.96. The predicted molar refractivity (Wildman–Crippen MR) is 94.1 cm³/mol. The largest absolute Gasteiger partial charge is 0.333 e. The summed E-state index contributed by atoms with van der Waals surface area (Å²) in [5.74, 6) is 0.719. The fourth-order valence-corrected chi connectivity index (χ4v) is 3.52. The van der Waals surface area contributed by atoms with Gasteiger partial charge in [-0.25, -0.2) is 4.98 Å². The van der Waals surface area contributed by atoms with Crippen molar-refractivity contribution in [2.45, 2.75) is 32.5 Å². The highest BCUT2D eigenvalue weighted by atomic mass is 16.2. The zero-order valence-electron chi connectivity index (χ0n) is 14.4. The lowest BCUT2D eigenvalue weighted by Gasteiger charge is -2.43. The van der Waals surface area contributed by atoms with Crippen molar-refractivity contribution in [2.75, 3.05) is 23.3 Å². The Morgan fingerprint density at radius 3 is 2.92 bits per heavy atom. The van der Waals surface area contributed by atoms with E-state index in [1.807, 2.05) is 30.5 Å². The number of nitrogens with one attached hydrogen (secondary N) is 1. The number of carbonyl (C=O) groups excluding carboxylic acids is 2. The Labute approximate surface area is 146 Å². The highest BCUT2D eigenvalue weighted by Gasteiger charge is 2.43. The summed E-state index contributed by atoms with van der Waals surface area (Å²) in [6.07, 6.45) is 3.75. The van der Waals surface area contributed by atoms with Crippen LogP contribution in [0.15, 0.2) is 36.7 Å². The standard InChI is InChI=1S/C18H21N5O2/c1-18(2)17(25)20-13-5-3-4-6-14(13)23(18)16(24)12-21-9-10-22-8-7-19-15(22)11-21/h3-8H,9-12H2,1-2H3,(H,20,25). The van der Waals surface area contributed by atoms with Crippen LogP contribution in [0.25, 0.3) is 0 Å². The maximum atomic E-state index is 13.1. The van der Waals surface area contributed by atoms with Gasteiger partial charge >= 0.3 is 0 Å². The highest BCUT2D eigenvalue weighted by molar-refractivity contribution is 6.14. The zero-order valence-corrected chi connectivity index (χ0v) is 14.4. The number of hydrogen-bond acceptors (Lipinski definition) is 4. The van der Waals surface area contributed by atoms with Gasteiger partial charge in [-0.15, -0.1) is 0 Å². The maximum absolute atomic E-state index is 13.1. The molecule has 2 aromatic rings. The van der Waals surface area contributed by atoms with E-state index in [9.17, 15) is 9.59 Å². The molecule has 0 saturated heterocycles. The normalized spacial score (nSPS) is 19.1. The third-order valence-corrected chi connectivity index (χ3v) is 4.94. The van der Waals surface area contributed by atoms with Gasteiger partial charge < -0.3 is 9.88 Å². The molecular weight excluding hydrogens is 318 g/mol. The predicted octanol–water partition coefficient (Wildman–Crippen LogP) is 1.46. The fraction of sp³-hybridized carbons (Fsp3) is 0.389. The van der Waals surface area contributed by atoms with Crippen LogP contribution >= 0.6 is 0 Å². The van der Waals surface area contributed by atoms with Gasteiger partial charge in [0.2, 0.25) is 11.8 Å². The molecule has 0 radical (unpaired) electrons. The van der Waals surface area contributed by atoms with E-state index in [-0.39, 0.29) is 18.4 Å². The van der Waals surface area contributed by atoms with E-state index in [1.54, 1.807) is 24.9 Å². The van der Waals surface area contributed by atoms with Gasteiger partial charge in [-0.3, -0.25) is 19.4 Å². The molecule has 4 rings (SSSR count). The van der Waals surface area contributed by atoms with Crippen LogP contribution in [0.5, 0.6) is 0 Å². The van der Waals surface area contributed by atoms with Crippen LogP contribution < -0.4 is 10.2 Å². The van der Waals surface area contributed by atoms with Crippen LogP contribution in [0.4, 0.5) is 11.4 Å². The second-order valence-electron chi connectivity index (χ2n) is 7.01. The van der Waals surface area contributed by atoms with Crippen LogP contribution in [0.3, 0.4) is 0 Å². The number of anilines is 2. The molecule has 0 unspecified atom stereocenters. The van der Waals surface area contributed by atoms with Gasteiger partial charge in [0.15, 0.2) is 0 Å². The minimum Gasteiger partial charge on any atom is -0.333 e. The van der Waals surface area contributed by atoms with Gasteiger partial charge in [0.1, 0.15) is 11.4 Å². The fourth-order valence-electron chi connectivity index (χ4n) is 3.52. The van der Waals surface area contributed by atoms with Crippen molar-refractivity contribution in [1.82, 2.24) is 14.5 Å².